The van der Waals surface area contributed by atoms with Crippen molar-refractivity contribution in [1.82, 2.24) is 16.0 Å². The van der Waals surface area contributed by atoms with E-state index in [1.165, 1.54) is 5.56 Å². The third-order valence-electron chi connectivity index (χ3n) is 3.41. The second-order valence-electron chi connectivity index (χ2n) is 6.04. The molecule has 0 aromatic heterocycles. The molecule has 0 heterocycles. The first-order valence-electron chi connectivity index (χ1n) is 8.31. The molecular formula is C18H31IN4O. The minimum atomic E-state index is 0. The molecule has 1 atom stereocenters. The van der Waals surface area contributed by atoms with Gasteiger partial charge in [0.15, 0.2) is 5.96 Å². The van der Waals surface area contributed by atoms with E-state index >= 15 is 0 Å². The van der Waals surface area contributed by atoms with Crippen LogP contribution in [-0.2, 0) is 11.2 Å². The maximum absolute atomic E-state index is 11.6. The second kappa shape index (κ2) is 13.0. The Bertz CT molecular complexity index is 491. The highest BCUT2D eigenvalue weighted by atomic mass is 127. The summed E-state index contributed by atoms with van der Waals surface area (Å²) >= 11 is 0. The lowest BCUT2D eigenvalue weighted by atomic mass is 10.1. The van der Waals surface area contributed by atoms with Gasteiger partial charge in [-0.1, -0.05) is 30.3 Å². The van der Waals surface area contributed by atoms with E-state index in [-0.39, 0.29) is 35.9 Å². The van der Waals surface area contributed by atoms with Crippen molar-refractivity contribution in [1.29, 1.82) is 0 Å². The van der Waals surface area contributed by atoms with Crippen LogP contribution in [0, 0.1) is 0 Å². The van der Waals surface area contributed by atoms with E-state index < -0.39 is 0 Å². The molecule has 1 unspecified atom stereocenters. The van der Waals surface area contributed by atoms with E-state index in [0.717, 1.165) is 18.8 Å². The molecule has 136 valence electrons. The number of carbonyl (C=O) groups excluding carboxylic acids is 1. The molecule has 0 saturated heterocycles. The number of benzene rings is 1. The van der Waals surface area contributed by atoms with Crippen molar-refractivity contribution in [2.75, 3.05) is 13.6 Å². The highest BCUT2D eigenvalue weighted by molar-refractivity contribution is 14.0. The lowest BCUT2D eigenvalue weighted by Crippen LogP contribution is -2.43. The van der Waals surface area contributed by atoms with Gasteiger partial charge in [-0.15, -0.1) is 24.0 Å². The van der Waals surface area contributed by atoms with Crippen LogP contribution in [0.2, 0.25) is 0 Å². The van der Waals surface area contributed by atoms with Gasteiger partial charge in [-0.3, -0.25) is 9.79 Å². The zero-order valence-electron chi connectivity index (χ0n) is 15.1. The third kappa shape index (κ3) is 10.5. The summed E-state index contributed by atoms with van der Waals surface area (Å²) in [6, 6.07) is 10.9. The van der Waals surface area contributed by atoms with Crippen molar-refractivity contribution in [3.8, 4) is 0 Å². The lowest BCUT2D eigenvalue weighted by Gasteiger charge is -2.18. The van der Waals surface area contributed by atoms with Gasteiger partial charge in [0.05, 0.1) is 0 Å². The summed E-state index contributed by atoms with van der Waals surface area (Å²) in [4.78, 5) is 15.8. The minimum absolute atomic E-state index is 0. The lowest BCUT2D eigenvalue weighted by molar-refractivity contribution is -0.121. The first kappa shape index (κ1) is 22.7. The number of aryl methyl sites for hydroxylation is 1. The molecule has 1 aromatic rings. The number of nitrogens with zero attached hydrogens (tertiary/aromatic N) is 1. The molecule has 0 aliphatic rings. The number of nitrogens with one attached hydrogen (secondary N) is 3. The van der Waals surface area contributed by atoms with E-state index in [2.05, 4.69) is 52.1 Å². The molecule has 1 aromatic carbocycles. The van der Waals surface area contributed by atoms with Crippen LogP contribution in [0.1, 0.15) is 39.2 Å². The molecule has 0 saturated carbocycles. The third-order valence-corrected chi connectivity index (χ3v) is 3.41. The summed E-state index contributed by atoms with van der Waals surface area (Å²) in [5.41, 5.74) is 1.34. The van der Waals surface area contributed by atoms with Gasteiger partial charge in [0.25, 0.3) is 0 Å². The quantitative estimate of drug-likeness (QED) is 0.327. The molecule has 0 spiro atoms. The van der Waals surface area contributed by atoms with Crippen molar-refractivity contribution in [3.05, 3.63) is 35.9 Å². The molecule has 24 heavy (non-hydrogen) atoms. The van der Waals surface area contributed by atoms with Gasteiger partial charge in [-0.05, 0) is 39.2 Å². The average Bonchev–Trinajstić information content (AvgIpc) is 2.52. The zero-order chi connectivity index (χ0) is 17.1. The summed E-state index contributed by atoms with van der Waals surface area (Å²) in [5, 5.41) is 9.41. The highest BCUT2D eigenvalue weighted by Crippen LogP contribution is 2.04. The molecule has 1 rings (SSSR count). The molecule has 1 amide bonds. The van der Waals surface area contributed by atoms with Crippen LogP contribution in [0.5, 0.6) is 0 Å². The maximum atomic E-state index is 11.6. The molecule has 0 fully saturated rings. The molecule has 5 nitrogen and oxygen atoms in total. The van der Waals surface area contributed by atoms with E-state index in [1.54, 1.807) is 7.05 Å². The van der Waals surface area contributed by atoms with Crippen molar-refractivity contribution in [2.24, 2.45) is 4.99 Å². The summed E-state index contributed by atoms with van der Waals surface area (Å²) in [6.45, 7) is 6.63. The van der Waals surface area contributed by atoms with Crippen LogP contribution in [0.4, 0.5) is 0 Å². The van der Waals surface area contributed by atoms with Crippen LogP contribution in [0.25, 0.3) is 0 Å². The zero-order valence-corrected chi connectivity index (χ0v) is 17.5. The Kier molecular flexibility index (Phi) is 12.3. The normalized spacial score (nSPS) is 12.3. The predicted octanol–water partition coefficient (Wildman–Crippen LogP) is 2.71. The SMILES string of the molecule is CN=C(NCCC(=O)NC(C)C)NC(C)CCc1ccccc1.I. The van der Waals surface area contributed by atoms with Gasteiger partial charge in [0.1, 0.15) is 0 Å². The summed E-state index contributed by atoms with van der Waals surface area (Å²) in [5.74, 6) is 0.794. The monoisotopic (exact) mass is 446 g/mol. The number of hydrogen-bond acceptors (Lipinski definition) is 2. The highest BCUT2D eigenvalue weighted by Gasteiger charge is 2.07. The Morgan fingerprint density at radius 2 is 1.79 bits per heavy atom. The predicted molar refractivity (Wildman–Crippen MR) is 112 cm³/mol. The fourth-order valence-electron chi connectivity index (χ4n) is 2.22. The Morgan fingerprint density at radius 3 is 2.38 bits per heavy atom. The molecule has 0 aliphatic heterocycles. The number of aliphatic imine (C=N–C) groups is 1. The molecule has 3 N–H and O–H groups in total. The van der Waals surface area contributed by atoms with Crippen molar-refractivity contribution in [2.45, 2.75) is 52.1 Å². The fraction of sp³-hybridized carbons (Fsp3) is 0.556. The second-order valence-corrected chi connectivity index (χ2v) is 6.04. The van der Waals surface area contributed by atoms with Gasteiger partial charge in [0.2, 0.25) is 5.91 Å². The van der Waals surface area contributed by atoms with Gasteiger partial charge >= 0.3 is 0 Å². The van der Waals surface area contributed by atoms with Crippen LogP contribution in [-0.4, -0.2) is 37.5 Å². The summed E-state index contributed by atoms with van der Waals surface area (Å²) in [7, 11) is 1.74. The van der Waals surface area contributed by atoms with Gasteiger partial charge < -0.3 is 16.0 Å². The fourth-order valence-corrected chi connectivity index (χ4v) is 2.22. The molecule has 0 aliphatic carbocycles. The van der Waals surface area contributed by atoms with E-state index in [0.29, 0.717) is 19.0 Å². The van der Waals surface area contributed by atoms with Gasteiger partial charge in [-0.25, -0.2) is 0 Å². The largest absolute Gasteiger partial charge is 0.356 e. The smallest absolute Gasteiger partial charge is 0.221 e. The van der Waals surface area contributed by atoms with Crippen LogP contribution in [0.3, 0.4) is 0 Å². The number of rotatable bonds is 8. The standard InChI is InChI=1S/C18H30N4O.HI/c1-14(2)21-17(23)12-13-20-18(19-4)22-15(3)10-11-16-8-6-5-7-9-16;/h5-9,14-15H,10-13H2,1-4H3,(H,21,23)(H2,19,20,22);1H. The average molecular weight is 446 g/mol. The molecule has 0 bridgehead atoms. The number of amides is 1. The Hall–Kier alpha value is -1.31. The van der Waals surface area contributed by atoms with E-state index in [1.807, 2.05) is 19.9 Å². The number of guanidine groups is 1. The van der Waals surface area contributed by atoms with E-state index in [4.69, 9.17) is 0 Å². The number of hydrogen-bond donors (Lipinski definition) is 3. The Labute approximate surface area is 163 Å². The Balaban J connectivity index is 0.00000529. The van der Waals surface area contributed by atoms with Gasteiger partial charge in [0, 0.05) is 32.1 Å². The van der Waals surface area contributed by atoms with Crippen LogP contribution in [0.15, 0.2) is 35.3 Å². The first-order valence-corrected chi connectivity index (χ1v) is 8.31. The minimum Gasteiger partial charge on any atom is -0.356 e. The Morgan fingerprint density at radius 1 is 1.12 bits per heavy atom. The topological polar surface area (TPSA) is 65.5 Å². The number of carbonyl (C=O) groups is 1. The van der Waals surface area contributed by atoms with Crippen LogP contribution < -0.4 is 16.0 Å². The van der Waals surface area contributed by atoms with Crippen molar-refractivity contribution in [3.63, 3.8) is 0 Å². The summed E-state index contributed by atoms with van der Waals surface area (Å²) < 4.78 is 0. The van der Waals surface area contributed by atoms with Crippen LogP contribution >= 0.6 is 24.0 Å². The molecular weight excluding hydrogens is 415 g/mol. The van der Waals surface area contributed by atoms with Crippen molar-refractivity contribution < 1.29 is 4.79 Å². The molecule has 6 heteroatoms. The number of halogens is 1. The molecule has 0 radical (unpaired) electrons. The van der Waals surface area contributed by atoms with Crippen molar-refractivity contribution >= 4 is 35.8 Å². The van der Waals surface area contributed by atoms with E-state index in [9.17, 15) is 4.79 Å². The van der Waals surface area contributed by atoms with Gasteiger partial charge in [-0.2, -0.15) is 0 Å². The summed E-state index contributed by atoms with van der Waals surface area (Å²) in [6.07, 6.45) is 2.50. The maximum Gasteiger partial charge on any atom is 0.221 e. The first-order chi connectivity index (χ1) is 11.0.